The first-order chi connectivity index (χ1) is 8.18. The Labute approximate surface area is 112 Å². The van der Waals surface area contributed by atoms with Crippen LogP contribution in [-0.2, 0) is 5.41 Å². The van der Waals surface area contributed by atoms with Gasteiger partial charge in [0.15, 0.2) is 0 Å². The van der Waals surface area contributed by atoms with Crippen LogP contribution in [-0.4, -0.2) is 20.0 Å². The molecule has 4 heteroatoms. The molecule has 1 aromatic rings. The predicted octanol–water partition coefficient (Wildman–Crippen LogP) is 3.98. The van der Waals surface area contributed by atoms with E-state index >= 15 is 0 Å². The fourth-order valence-corrected chi connectivity index (χ4v) is 1.96. The molecule has 18 heavy (non-hydrogen) atoms. The van der Waals surface area contributed by atoms with Crippen molar-refractivity contribution in [3.05, 3.63) is 35.4 Å². The number of hydrogen-bond acceptors (Lipinski definition) is 0. The Balaban J connectivity index is 2.62. The van der Waals surface area contributed by atoms with Gasteiger partial charge in [0.25, 0.3) is 0 Å². The van der Waals surface area contributed by atoms with E-state index in [1.807, 2.05) is 24.3 Å². The molecule has 1 aromatic carbocycles. The molecule has 0 radical (unpaired) electrons. The van der Waals surface area contributed by atoms with E-state index in [1.165, 1.54) is 5.56 Å². The molecule has 0 N–H and O–H groups in total. The van der Waals surface area contributed by atoms with Gasteiger partial charge in [-0.1, -0.05) is 0 Å². The maximum absolute atomic E-state index is 11.9. The Morgan fingerprint density at radius 3 is 2.06 bits per heavy atom. The number of halogens is 3. The summed E-state index contributed by atoms with van der Waals surface area (Å²) in [6.07, 6.45) is 0. The Bertz CT molecular complexity index is 441. The average Bonchev–Trinajstić information content (AvgIpc) is 2.22. The molecular weight excluding hydrogens is 304 g/mol. The molecule has 0 saturated heterocycles. The molecule has 0 heterocycles. The van der Waals surface area contributed by atoms with E-state index in [0.29, 0.717) is 0 Å². The third-order valence-electron chi connectivity index (χ3n) is 2.29. The van der Waals surface area contributed by atoms with Crippen LogP contribution in [0.4, 0.5) is 13.2 Å². The van der Waals surface area contributed by atoms with Gasteiger partial charge in [0.05, 0.1) is 0 Å². The van der Waals surface area contributed by atoms with Crippen molar-refractivity contribution >= 4 is 15.0 Å². The summed E-state index contributed by atoms with van der Waals surface area (Å²) in [5.41, 5.74) is 2.03. The molecule has 0 aliphatic rings. The van der Waals surface area contributed by atoms with Gasteiger partial charge in [0, 0.05) is 0 Å². The number of hydrogen-bond donors (Lipinski definition) is 0. The monoisotopic (exact) mass is 320 g/mol. The molecule has 0 amide bonds. The molecule has 98 valence electrons. The number of rotatable bonds is 1. The van der Waals surface area contributed by atoms with Gasteiger partial charge in [-0.15, -0.1) is 0 Å². The van der Waals surface area contributed by atoms with Gasteiger partial charge in [0.1, 0.15) is 0 Å². The van der Waals surface area contributed by atoms with Gasteiger partial charge in [-0.2, -0.15) is 0 Å². The zero-order chi connectivity index (χ0) is 13.8. The van der Waals surface area contributed by atoms with Crippen molar-refractivity contribution in [2.45, 2.75) is 36.6 Å². The van der Waals surface area contributed by atoms with Crippen LogP contribution in [0.5, 0.6) is 0 Å². The third kappa shape index (κ3) is 5.62. The summed E-state index contributed by atoms with van der Waals surface area (Å²) in [7, 11) is 0. The van der Waals surface area contributed by atoms with E-state index in [1.54, 1.807) is 0 Å². The second-order valence-electron chi connectivity index (χ2n) is 4.86. The van der Waals surface area contributed by atoms with Crippen LogP contribution in [0.2, 0.25) is 5.32 Å². The quantitative estimate of drug-likeness (QED) is 0.543. The molecular formula is C14H15F3Se. The summed E-state index contributed by atoms with van der Waals surface area (Å²) >= 11 is -1.40. The van der Waals surface area contributed by atoms with Crippen molar-refractivity contribution in [3.8, 4) is 11.8 Å². The van der Waals surface area contributed by atoms with Crippen LogP contribution in [0, 0.1) is 11.8 Å². The Morgan fingerprint density at radius 1 is 1.06 bits per heavy atom. The summed E-state index contributed by atoms with van der Waals surface area (Å²) in [5.74, 6) is 5.34. The van der Waals surface area contributed by atoms with Gasteiger partial charge in [-0.3, -0.25) is 0 Å². The molecule has 0 aromatic heterocycles. The molecule has 0 bridgehead atoms. The minimum absolute atomic E-state index is 0.0748. The van der Waals surface area contributed by atoms with Crippen molar-refractivity contribution in [1.29, 1.82) is 0 Å². The first-order valence-electron chi connectivity index (χ1n) is 5.48. The average molecular weight is 319 g/mol. The first-order valence-corrected chi connectivity index (χ1v) is 7.55. The minimum atomic E-state index is -4.06. The van der Waals surface area contributed by atoms with Gasteiger partial charge in [0.2, 0.25) is 0 Å². The summed E-state index contributed by atoms with van der Waals surface area (Å²) in [6.45, 7) is 6.33. The molecule has 0 saturated carbocycles. The van der Waals surface area contributed by atoms with E-state index in [2.05, 4.69) is 32.6 Å². The Kier molecular flexibility index (Phi) is 4.90. The SMILES string of the molecule is CC(C)(C)c1ccc(C#CC[Se]C(F)(F)F)cc1. The summed E-state index contributed by atoms with van der Waals surface area (Å²) < 4.78 is 35.8. The number of benzene rings is 1. The third-order valence-corrected chi connectivity index (χ3v) is 3.58. The van der Waals surface area contributed by atoms with Crippen LogP contribution < -0.4 is 0 Å². The summed E-state index contributed by atoms with van der Waals surface area (Å²) in [5, 5.41) is -4.14. The second-order valence-corrected chi connectivity index (χ2v) is 7.05. The molecule has 0 fully saturated rings. The maximum atomic E-state index is 11.9. The molecule has 0 nitrogen and oxygen atoms in total. The first kappa shape index (κ1) is 15.1. The van der Waals surface area contributed by atoms with E-state index in [9.17, 15) is 13.2 Å². The van der Waals surface area contributed by atoms with Crippen LogP contribution in [0.25, 0.3) is 0 Å². The van der Waals surface area contributed by atoms with Gasteiger partial charge >= 0.3 is 112 Å². The van der Waals surface area contributed by atoms with E-state index in [-0.39, 0.29) is 10.7 Å². The van der Waals surface area contributed by atoms with Crippen LogP contribution >= 0.6 is 0 Å². The molecule has 0 aliphatic heterocycles. The molecule has 0 aliphatic carbocycles. The Hall–Kier alpha value is -0.911. The zero-order valence-corrected chi connectivity index (χ0v) is 12.3. The Morgan fingerprint density at radius 2 is 1.61 bits per heavy atom. The number of alkyl halides is 3. The van der Waals surface area contributed by atoms with Crippen LogP contribution in [0.3, 0.4) is 0 Å². The molecule has 0 spiro atoms. The molecule has 0 unspecified atom stereocenters. The van der Waals surface area contributed by atoms with E-state index in [0.717, 1.165) is 5.56 Å². The van der Waals surface area contributed by atoms with Crippen molar-refractivity contribution in [1.82, 2.24) is 0 Å². The second kappa shape index (κ2) is 5.82. The fourth-order valence-electron chi connectivity index (χ4n) is 1.31. The van der Waals surface area contributed by atoms with Crippen LogP contribution in [0.15, 0.2) is 24.3 Å². The molecule has 0 atom stereocenters. The van der Waals surface area contributed by atoms with Gasteiger partial charge in [-0.25, -0.2) is 0 Å². The van der Waals surface area contributed by atoms with Crippen molar-refractivity contribution in [2.24, 2.45) is 0 Å². The van der Waals surface area contributed by atoms with E-state index in [4.69, 9.17) is 0 Å². The van der Waals surface area contributed by atoms with Crippen molar-refractivity contribution in [3.63, 3.8) is 0 Å². The zero-order valence-electron chi connectivity index (χ0n) is 10.6. The standard InChI is InChI=1S/C14H15F3Se/c1-13(2,3)12-8-6-11(7-9-12)5-4-10-18-14(15,16)17/h6-9H,10H2,1-3H3. The van der Waals surface area contributed by atoms with Crippen molar-refractivity contribution < 1.29 is 13.2 Å². The fraction of sp³-hybridized carbons (Fsp3) is 0.429. The normalized spacial score (nSPS) is 11.9. The summed E-state index contributed by atoms with van der Waals surface area (Å²) in [6, 6.07) is 7.65. The molecule has 1 rings (SSSR count). The van der Waals surface area contributed by atoms with Crippen LogP contribution in [0.1, 0.15) is 31.9 Å². The van der Waals surface area contributed by atoms with Gasteiger partial charge in [-0.05, 0) is 0 Å². The van der Waals surface area contributed by atoms with Gasteiger partial charge < -0.3 is 0 Å². The predicted molar refractivity (Wildman–Crippen MR) is 68.6 cm³/mol. The van der Waals surface area contributed by atoms with E-state index < -0.39 is 20.0 Å². The topological polar surface area (TPSA) is 0 Å². The van der Waals surface area contributed by atoms with Crippen molar-refractivity contribution in [2.75, 3.05) is 0 Å². The summed E-state index contributed by atoms with van der Waals surface area (Å²) in [4.78, 5) is 0.